The molecule has 0 saturated carbocycles. The first-order valence-electron chi connectivity index (χ1n) is 9.06. The Morgan fingerprint density at radius 2 is 2.16 bits per heavy atom. The minimum absolute atomic E-state index is 0.0911. The Morgan fingerprint density at radius 1 is 1.32 bits per heavy atom. The van der Waals surface area contributed by atoms with Crippen molar-refractivity contribution in [2.45, 2.75) is 12.5 Å². The van der Waals surface area contributed by atoms with Crippen LogP contribution >= 0.6 is 0 Å². The van der Waals surface area contributed by atoms with Crippen LogP contribution in [-0.4, -0.2) is 65.1 Å². The van der Waals surface area contributed by atoms with Gasteiger partial charge in [0.1, 0.15) is 0 Å². The van der Waals surface area contributed by atoms with Crippen LogP contribution in [-0.2, 0) is 11.2 Å². The number of benzene rings is 1. The highest BCUT2D eigenvalue weighted by Crippen LogP contribution is 2.41. The Labute approximate surface area is 146 Å². The van der Waals surface area contributed by atoms with E-state index in [1.54, 1.807) is 0 Å². The number of likely N-dealkylation sites (N-methyl/N-ethyl adjacent to an activating group) is 1. The summed E-state index contributed by atoms with van der Waals surface area (Å²) in [5.41, 5.74) is 5.12. The smallest absolute Gasteiger partial charge is 0.230 e. The average molecular weight is 337 g/mol. The summed E-state index contributed by atoms with van der Waals surface area (Å²) in [6.07, 6.45) is 5.34. The van der Waals surface area contributed by atoms with E-state index in [0.717, 1.165) is 13.0 Å². The van der Waals surface area contributed by atoms with E-state index >= 15 is 0 Å². The summed E-state index contributed by atoms with van der Waals surface area (Å²) in [5, 5.41) is 10.5. The van der Waals surface area contributed by atoms with Gasteiger partial charge in [-0.2, -0.15) is 0 Å². The number of carbonyl (C=O) groups excluding carboxylic acids is 1. The first kappa shape index (κ1) is 15.2. The van der Waals surface area contributed by atoms with Crippen molar-refractivity contribution in [1.82, 2.24) is 14.8 Å². The Bertz CT molecular complexity index is 878. The number of nitrogens with zero attached hydrogens (tertiary/aromatic N) is 2. The fourth-order valence-electron chi connectivity index (χ4n) is 4.71. The highest BCUT2D eigenvalue weighted by molar-refractivity contribution is 5.99. The van der Waals surface area contributed by atoms with Gasteiger partial charge in [-0.1, -0.05) is 18.2 Å². The highest BCUT2D eigenvalue weighted by Gasteiger charge is 2.39. The summed E-state index contributed by atoms with van der Waals surface area (Å²) < 4.78 is 0. The van der Waals surface area contributed by atoms with E-state index in [1.807, 2.05) is 4.90 Å². The number of rotatable bonds is 2. The van der Waals surface area contributed by atoms with Crippen LogP contribution in [0.5, 0.6) is 0 Å². The normalized spacial score (nSPS) is 26.3. The largest absolute Gasteiger partial charge is 0.396 e. The van der Waals surface area contributed by atoms with Gasteiger partial charge in [-0.05, 0) is 36.2 Å². The number of H-pyrrole nitrogens is 1. The molecule has 2 N–H and O–H groups in total. The summed E-state index contributed by atoms with van der Waals surface area (Å²) >= 11 is 0. The van der Waals surface area contributed by atoms with Crippen LogP contribution in [0.3, 0.4) is 0 Å². The van der Waals surface area contributed by atoms with Crippen molar-refractivity contribution in [2.75, 3.05) is 33.3 Å². The molecule has 5 rings (SSSR count). The SMILES string of the molecule is CN1CC(C(=O)N2CC(CO)C2)C=C2c3cccc4[nH]cc(c34)CC21. The van der Waals surface area contributed by atoms with Crippen LogP contribution in [0, 0.1) is 11.8 Å². The number of aliphatic hydroxyl groups excluding tert-OH is 1. The molecular weight excluding hydrogens is 314 g/mol. The molecule has 5 heteroatoms. The maximum absolute atomic E-state index is 12.9. The van der Waals surface area contributed by atoms with Gasteiger partial charge in [0, 0.05) is 55.3 Å². The molecule has 5 nitrogen and oxygen atoms in total. The summed E-state index contributed by atoms with van der Waals surface area (Å²) in [6, 6.07) is 6.74. The van der Waals surface area contributed by atoms with E-state index in [9.17, 15) is 9.90 Å². The Kier molecular flexibility index (Phi) is 3.30. The molecular formula is C20H23N3O2. The molecule has 2 atom stereocenters. The van der Waals surface area contributed by atoms with E-state index in [4.69, 9.17) is 0 Å². The fourth-order valence-corrected chi connectivity index (χ4v) is 4.71. The Hall–Kier alpha value is -2.11. The van der Waals surface area contributed by atoms with Gasteiger partial charge < -0.3 is 15.0 Å². The highest BCUT2D eigenvalue weighted by atomic mass is 16.3. The molecule has 1 aliphatic carbocycles. The number of aromatic amines is 1. The Morgan fingerprint density at radius 3 is 2.96 bits per heavy atom. The second-order valence-corrected chi connectivity index (χ2v) is 7.72. The molecule has 0 bridgehead atoms. The molecule has 130 valence electrons. The lowest BCUT2D eigenvalue weighted by Crippen LogP contribution is -2.55. The van der Waals surface area contributed by atoms with Crippen LogP contribution in [0.4, 0.5) is 0 Å². The topological polar surface area (TPSA) is 59.6 Å². The molecule has 1 saturated heterocycles. The third kappa shape index (κ3) is 2.19. The van der Waals surface area contributed by atoms with Gasteiger partial charge in [0.05, 0.1) is 5.92 Å². The van der Waals surface area contributed by atoms with Crippen molar-refractivity contribution >= 4 is 22.4 Å². The Balaban J connectivity index is 1.52. The maximum atomic E-state index is 12.9. The molecule has 0 spiro atoms. The predicted octanol–water partition coefficient (Wildman–Crippen LogP) is 1.49. The predicted molar refractivity (Wildman–Crippen MR) is 97.0 cm³/mol. The molecule has 2 aliphatic heterocycles. The van der Waals surface area contributed by atoms with Crippen LogP contribution in [0.2, 0.25) is 0 Å². The quantitative estimate of drug-likeness (QED) is 0.873. The van der Waals surface area contributed by atoms with Crippen LogP contribution in [0.25, 0.3) is 16.5 Å². The van der Waals surface area contributed by atoms with Crippen molar-refractivity contribution in [1.29, 1.82) is 0 Å². The fraction of sp³-hybridized carbons (Fsp3) is 0.450. The van der Waals surface area contributed by atoms with Crippen molar-refractivity contribution < 1.29 is 9.90 Å². The van der Waals surface area contributed by atoms with Gasteiger partial charge in [0.15, 0.2) is 0 Å². The second-order valence-electron chi connectivity index (χ2n) is 7.72. The molecule has 0 radical (unpaired) electrons. The van der Waals surface area contributed by atoms with Crippen LogP contribution < -0.4 is 0 Å². The third-order valence-corrected chi connectivity index (χ3v) is 6.11. The number of nitrogens with one attached hydrogen (secondary N) is 1. The molecule has 1 aromatic heterocycles. The second kappa shape index (κ2) is 5.44. The van der Waals surface area contributed by atoms with E-state index in [0.29, 0.717) is 19.1 Å². The summed E-state index contributed by atoms with van der Waals surface area (Å²) in [4.78, 5) is 20.5. The standard InChI is InChI=1S/C20H23N3O2/c1-22-10-14(20(25)23-8-12(9-23)11-24)5-16-15-3-2-4-17-19(15)13(7-21-17)6-18(16)22/h2-5,7,12,14,18,21,24H,6,8-11H2,1H3. The number of likely N-dealkylation sites (tertiary alicyclic amines) is 1. The van der Waals surface area contributed by atoms with Gasteiger partial charge in [-0.15, -0.1) is 0 Å². The zero-order valence-electron chi connectivity index (χ0n) is 14.4. The molecule has 2 unspecified atom stereocenters. The van der Waals surface area contributed by atoms with E-state index in [2.05, 4.69) is 47.4 Å². The van der Waals surface area contributed by atoms with Gasteiger partial charge in [0.2, 0.25) is 5.91 Å². The maximum Gasteiger partial charge on any atom is 0.230 e. The van der Waals surface area contributed by atoms with Crippen LogP contribution in [0.15, 0.2) is 30.5 Å². The first-order chi connectivity index (χ1) is 12.2. The first-order valence-corrected chi connectivity index (χ1v) is 9.06. The summed E-state index contributed by atoms with van der Waals surface area (Å²) in [5.74, 6) is 0.373. The minimum atomic E-state index is -0.0911. The number of amides is 1. The lowest BCUT2D eigenvalue weighted by atomic mass is 9.79. The number of hydrogen-bond donors (Lipinski definition) is 2. The van der Waals surface area contributed by atoms with Gasteiger partial charge in [-0.3, -0.25) is 9.69 Å². The average Bonchev–Trinajstić information content (AvgIpc) is 2.99. The zero-order valence-corrected chi connectivity index (χ0v) is 14.4. The van der Waals surface area contributed by atoms with Crippen molar-refractivity contribution in [3.05, 3.63) is 41.6 Å². The van der Waals surface area contributed by atoms with Gasteiger partial charge in [0.25, 0.3) is 0 Å². The zero-order chi connectivity index (χ0) is 17.1. The summed E-state index contributed by atoms with van der Waals surface area (Å²) in [6.45, 7) is 2.33. The summed E-state index contributed by atoms with van der Waals surface area (Å²) in [7, 11) is 2.13. The lowest BCUT2D eigenvalue weighted by molar-refractivity contribution is -0.142. The third-order valence-electron chi connectivity index (χ3n) is 6.11. The molecule has 3 heterocycles. The number of carbonyl (C=O) groups is 1. The number of aromatic nitrogens is 1. The van der Waals surface area contributed by atoms with E-state index in [-0.39, 0.29) is 24.3 Å². The molecule has 1 amide bonds. The van der Waals surface area contributed by atoms with Gasteiger partial charge in [-0.25, -0.2) is 0 Å². The van der Waals surface area contributed by atoms with Crippen molar-refractivity contribution in [3.63, 3.8) is 0 Å². The minimum Gasteiger partial charge on any atom is -0.396 e. The molecule has 1 aromatic carbocycles. The van der Waals surface area contributed by atoms with Crippen molar-refractivity contribution in [3.8, 4) is 0 Å². The molecule has 1 fully saturated rings. The van der Waals surface area contributed by atoms with Crippen LogP contribution in [0.1, 0.15) is 11.1 Å². The molecule has 25 heavy (non-hydrogen) atoms. The number of fused-ring (bicyclic) bond motifs is 2. The monoisotopic (exact) mass is 337 g/mol. The van der Waals surface area contributed by atoms with E-state index < -0.39 is 0 Å². The van der Waals surface area contributed by atoms with E-state index in [1.165, 1.54) is 27.6 Å². The lowest BCUT2D eigenvalue weighted by Gasteiger charge is -2.44. The molecule has 3 aliphatic rings. The van der Waals surface area contributed by atoms with Gasteiger partial charge >= 0.3 is 0 Å². The van der Waals surface area contributed by atoms with Crippen molar-refractivity contribution in [2.24, 2.45) is 11.8 Å². The number of hydrogen-bond acceptors (Lipinski definition) is 3. The molecule has 2 aromatic rings. The number of aliphatic hydroxyl groups is 1.